The van der Waals surface area contributed by atoms with Crippen LogP contribution in [0.15, 0.2) is 0 Å². The number of carbonyl (C=O) groups is 3. The number of carbonyl (C=O) groups excluding carboxylic acids is 3. The Labute approximate surface area is 56.1 Å². The minimum Gasteiger partial charge on any atom is -0.376 e. The molecular weight excluding hydrogens is 140 g/mol. The van der Waals surface area contributed by atoms with Crippen molar-refractivity contribution in [1.82, 2.24) is 0 Å². The molecule has 4 N–H and O–H groups in total. The lowest BCUT2D eigenvalue weighted by Gasteiger charge is -1.93. The minimum absolute atomic E-state index is 0.636. The normalized spacial score (nSPS) is 8.40. The third-order valence-electron chi connectivity index (χ3n) is 0.533. The molecule has 10 heavy (non-hydrogen) atoms. The van der Waals surface area contributed by atoms with Gasteiger partial charge in [0.25, 0.3) is 0 Å². The predicted molar refractivity (Wildman–Crippen MR) is 29.5 cm³/mol. The van der Waals surface area contributed by atoms with Crippen LogP contribution in [0.3, 0.4) is 0 Å². The molecule has 0 unspecified atom stereocenters. The molecule has 2 amide bonds. The molecule has 0 rings (SSSR count). The number of hydrogen-bond donors (Lipinski definition) is 2. The summed E-state index contributed by atoms with van der Waals surface area (Å²) >= 11 is 0. The first-order chi connectivity index (χ1) is 4.52. The Morgan fingerprint density at radius 3 is 2.00 bits per heavy atom. The molecule has 0 aliphatic carbocycles. The van der Waals surface area contributed by atoms with Crippen LogP contribution in [0.1, 0.15) is 6.42 Å². The van der Waals surface area contributed by atoms with Gasteiger partial charge in [-0.05, 0) is 0 Å². The molecule has 0 saturated heterocycles. The van der Waals surface area contributed by atoms with E-state index in [1.165, 1.54) is 0 Å². The third kappa shape index (κ3) is 4.57. The molecule has 0 fully saturated rings. The summed E-state index contributed by atoms with van der Waals surface area (Å²) in [5.41, 5.74) is 9.01. The Morgan fingerprint density at radius 2 is 1.70 bits per heavy atom. The van der Waals surface area contributed by atoms with E-state index >= 15 is 0 Å². The van der Waals surface area contributed by atoms with E-state index in [-0.39, 0.29) is 0 Å². The van der Waals surface area contributed by atoms with Gasteiger partial charge >= 0.3 is 12.1 Å². The van der Waals surface area contributed by atoms with Crippen molar-refractivity contribution in [2.75, 3.05) is 0 Å². The largest absolute Gasteiger partial charge is 0.412 e. The predicted octanol–water partition coefficient (Wildman–Crippen LogP) is -1.52. The molecule has 0 aliphatic heterocycles. The standard InChI is InChI=1S/C4H6N2O4/c5-2(7)1-3(8)10-4(6)9/h1H2,(H2,5,7)(H2,6,9). The summed E-state index contributed by atoms with van der Waals surface area (Å²) in [5, 5.41) is 0. The van der Waals surface area contributed by atoms with Crippen LogP contribution in [0.2, 0.25) is 0 Å². The fourth-order valence-corrected chi connectivity index (χ4v) is 0.291. The Balaban J connectivity index is 3.65. The number of rotatable bonds is 2. The van der Waals surface area contributed by atoms with Crippen LogP contribution in [-0.2, 0) is 14.3 Å². The molecule has 0 aromatic heterocycles. The SMILES string of the molecule is NC(=O)CC(=O)OC(N)=O. The molecule has 0 spiro atoms. The van der Waals surface area contributed by atoms with E-state index in [4.69, 9.17) is 0 Å². The third-order valence-corrected chi connectivity index (χ3v) is 0.533. The second kappa shape index (κ2) is 3.44. The zero-order valence-corrected chi connectivity index (χ0v) is 4.99. The van der Waals surface area contributed by atoms with Gasteiger partial charge in [0.05, 0.1) is 0 Å². The minimum atomic E-state index is -1.24. The number of ether oxygens (including phenoxy) is 1. The molecular formula is C4H6N2O4. The lowest BCUT2D eigenvalue weighted by atomic mass is 10.4. The average molecular weight is 146 g/mol. The lowest BCUT2D eigenvalue weighted by molar-refractivity contribution is -0.139. The Kier molecular flexibility index (Phi) is 2.89. The summed E-state index contributed by atoms with van der Waals surface area (Å²) in [6.45, 7) is 0. The van der Waals surface area contributed by atoms with Crippen LogP contribution >= 0.6 is 0 Å². The van der Waals surface area contributed by atoms with Gasteiger partial charge in [-0.2, -0.15) is 0 Å². The molecule has 0 aromatic rings. The Bertz CT molecular complexity index is 158. The van der Waals surface area contributed by atoms with Crippen molar-refractivity contribution in [3.05, 3.63) is 0 Å². The van der Waals surface area contributed by atoms with Gasteiger partial charge in [-0.1, -0.05) is 0 Å². The summed E-state index contributed by atoms with van der Waals surface area (Å²) in [4.78, 5) is 30.0. The molecule has 0 radical (unpaired) electrons. The number of primary amides is 2. The highest BCUT2D eigenvalue weighted by Gasteiger charge is 2.09. The fraction of sp³-hybridized carbons (Fsp3) is 0.250. The summed E-state index contributed by atoms with van der Waals surface area (Å²) in [5.74, 6) is -1.91. The first-order valence-electron chi connectivity index (χ1n) is 2.31. The average Bonchev–Trinajstić information content (AvgIpc) is 1.58. The van der Waals surface area contributed by atoms with Crippen molar-refractivity contribution in [3.8, 4) is 0 Å². The quantitative estimate of drug-likeness (QED) is 0.364. The first kappa shape index (κ1) is 8.41. The molecule has 6 nitrogen and oxygen atoms in total. The maximum Gasteiger partial charge on any atom is 0.412 e. The highest BCUT2D eigenvalue weighted by Crippen LogP contribution is 1.83. The smallest absolute Gasteiger partial charge is 0.376 e. The Morgan fingerprint density at radius 1 is 1.20 bits per heavy atom. The van der Waals surface area contributed by atoms with Crippen LogP contribution in [0.5, 0.6) is 0 Å². The van der Waals surface area contributed by atoms with Crippen LogP contribution in [0, 0.1) is 0 Å². The zero-order chi connectivity index (χ0) is 8.15. The van der Waals surface area contributed by atoms with E-state index in [2.05, 4.69) is 16.2 Å². The number of hydrogen-bond acceptors (Lipinski definition) is 4. The summed E-state index contributed by atoms with van der Waals surface area (Å²) in [6.07, 6.45) is -1.88. The van der Waals surface area contributed by atoms with Gasteiger partial charge in [0.2, 0.25) is 5.91 Å². The van der Waals surface area contributed by atoms with E-state index in [9.17, 15) is 14.4 Å². The second-order valence-corrected chi connectivity index (χ2v) is 1.44. The summed E-state index contributed by atoms with van der Waals surface area (Å²) in [7, 11) is 0. The molecule has 0 bridgehead atoms. The van der Waals surface area contributed by atoms with Crippen molar-refractivity contribution in [1.29, 1.82) is 0 Å². The summed E-state index contributed by atoms with van der Waals surface area (Å²) in [6, 6.07) is 0. The van der Waals surface area contributed by atoms with Gasteiger partial charge < -0.3 is 16.2 Å². The maximum atomic E-state index is 10.2. The van der Waals surface area contributed by atoms with Crippen molar-refractivity contribution in [2.45, 2.75) is 6.42 Å². The van der Waals surface area contributed by atoms with Crippen molar-refractivity contribution < 1.29 is 19.1 Å². The molecule has 0 aliphatic rings. The molecule has 0 atom stereocenters. The van der Waals surface area contributed by atoms with Gasteiger partial charge in [-0.3, -0.25) is 9.59 Å². The molecule has 0 saturated carbocycles. The molecule has 6 heteroatoms. The van der Waals surface area contributed by atoms with E-state index in [1.54, 1.807) is 0 Å². The van der Waals surface area contributed by atoms with E-state index in [0.717, 1.165) is 0 Å². The Hall–Kier alpha value is -1.59. The topological polar surface area (TPSA) is 112 Å². The number of nitrogens with two attached hydrogens (primary N) is 2. The van der Waals surface area contributed by atoms with E-state index in [1.807, 2.05) is 0 Å². The van der Waals surface area contributed by atoms with Crippen molar-refractivity contribution in [2.24, 2.45) is 11.5 Å². The van der Waals surface area contributed by atoms with E-state index < -0.39 is 24.4 Å². The van der Waals surface area contributed by atoms with Gasteiger partial charge in [-0.25, -0.2) is 4.79 Å². The monoisotopic (exact) mass is 146 g/mol. The van der Waals surface area contributed by atoms with Crippen molar-refractivity contribution in [3.63, 3.8) is 0 Å². The van der Waals surface area contributed by atoms with Crippen LogP contribution < -0.4 is 11.5 Å². The van der Waals surface area contributed by atoms with E-state index in [0.29, 0.717) is 0 Å². The highest BCUT2D eigenvalue weighted by atomic mass is 16.6. The van der Waals surface area contributed by atoms with Crippen LogP contribution in [0.4, 0.5) is 4.79 Å². The highest BCUT2D eigenvalue weighted by molar-refractivity contribution is 5.97. The van der Waals surface area contributed by atoms with Gasteiger partial charge in [0.15, 0.2) is 0 Å². The van der Waals surface area contributed by atoms with Crippen LogP contribution in [0.25, 0.3) is 0 Å². The summed E-state index contributed by atoms with van der Waals surface area (Å²) < 4.78 is 3.76. The number of esters is 1. The molecule has 0 heterocycles. The lowest BCUT2D eigenvalue weighted by Crippen LogP contribution is -2.23. The van der Waals surface area contributed by atoms with Gasteiger partial charge in [0, 0.05) is 0 Å². The second-order valence-electron chi connectivity index (χ2n) is 1.44. The molecule has 56 valence electrons. The van der Waals surface area contributed by atoms with Gasteiger partial charge in [-0.15, -0.1) is 0 Å². The zero-order valence-electron chi connectivity index (χ0n) is 4.99. The fourth-order valence-electron chi connectivity index (χ4n) is 0.291. The molecule has 0 aromatic carbocycles. The maximum absolute atomic E-state index is 10.2. The first-order valence-corrected chi connectivity index (χ1v) is 2.31. The van der Waals surface area contributed by atoms with Crippen LogP contribution in [-0.4, -0.2) is 18.0 Å². The van der Waals surface area contributed by atoms with Crippen molar-refractivity contribution >= 4 is 18.0 Å². The van der Waals surface area contributed by atoms with Gasteiger partial charge in [0.1, 0.15) is 6.42 Å². The number of amides is 2.